The number of hydrogen-bond acceptors (Lipinski definition) is 3. The quantitative estimate of drug-likeness (QED) is 0.777. The molecule has 2 atom stereocenters. The zero-order chi connectivity index (χ0) is 11.7. The minimum Gasteiger partial charge on any atom is -0.312 e. The first-order chi connectivity index (χ1) is 8.36. The summed E-state index contributed by atoms with van der Waals surface area (Å²) >= 11 is 0. The molecule has 1 N–H and O–H groups in total. The van der Waals surface area contributed by atoms with Crippen molar-refractivity contribution in [2.24, 2.45) is 5.92 Å². The number of hydrogen-bond donors (Lipinski definition) is 1. The molecule has 3 rings (SSSR count). The van der Waals surface area contributed by atoms with Gasteiger partial charge >= 0.3 is 0 Å². The van der Waals surface area contributed by atoms with E-state index in [9.17, 15) is 0 Å². The van der Waals surface area contributed by atoms with Crippen LogP contribution in [-0.2, 0) is 0 Å². The summed E-state index contributed by atoms with van der Waals surface area (Å²) in [5, 5.41) is 3.72. The molecule has 3 heteroatoms. The van der Waals surface area contributed by atoms with E-state index in [2.05, 4.69) is 22.0 Å². The van der Waals surface area contributed by atoms with Crippen molar-refractivity contribution in [2.45, 2.75) is 44.7 Å². The third kappa shape index (κ3) is 2.51. The van der Waals surface area contributed by atoms with Crippen LogP contribution in [0, 0.1) is 5.92 Å². The average molecular weight is 237 g/mol. The Kier molecular flexibility index (Phi) is 3.69. The molecule has 0 aromatic heterocycles. The Labute approximate surface area is 106 Å². The predicted molar refractivity (Wildman–Crippen MR) is 71.2 cm³/mol. The Morgan fingerprint density at radius 2 is 1.94 bits per heavy atom. The second-order valence-electron chi connectivity index (χ2n) is 6.08. The van der Waals surface area contributed by atoms with E-state index in [1.165, 1.54) is 65.0 Å². The summed E-state index contributed by atoms with van der Waals surface area (Å²) in [5.41, 5.74) is 0. The minimum absolute atomic E-state index is 0.813. The third-order valence-electron chi connectivity index (χ3n) is 5.15. The standard InChI is InChI=1S/C14H27N3/c1-2-16-8-5-13(6-9-16)17-10-12-4-3-7-15-14(12)11-17/h12-15H,2-11H2,1H3/t12-,14+/m0/s1. The van der Waals surface area contributed by atoms with Crippen LogP contribution in [0.25, 0.3) is 0 Å². The van der Waals surface area contributed by atoms with E-state index in [4.69, 9.17) is 0 Å². The summed E-state index contributed by atoms with van der Waals surface area (Å²) < 4.78 is 0. The molecule has 3 aliphatic rings. The molecule has 3 heterocycles. The maximum atomic E-state index is 3.72. The van der Waals surface area contributed by atoms with Crippen LogP contribution in [-0.4, -0.2) is 61.2 Å². The first-order valence-electron chi connectivity index (χ1n) is 7.56. The monoisotopic (exact) mass is 237 g/mol. The first-order valence-corrected chi connectivity index (χ1v) is 7.56. The van der Waals surface area contributed by atoms with Crippen molar-refractivity contribution in [3.8, 4) is 0 Å². The Hall–Kier alpha value is -0.120. The number of rotatable bonds is 2. The highest BCUT2D eigenvalue weighted by atomic mass is 15.2. The van der Waals surface area contributed by atoms with Gasteiger partial charge in [0.25, 0.3) is 0 Å². The number of piperidine rings is 2. The van der Waals surface area contributed by atoms with Crippen LogP contribution in [0.2, 0.25) is 0 Å². The van der Waals surface area contributed by atoms with Crippen molar-refractivity contribution in [3.63, 3.8) is 0 Å². The van der Waals surface area contributed by atoms with E-state index in [1.54, 1.807) is 0 Å². The Morgan fingerprint density at radius 1 is 1.12 bits per heavy atom. The van der Waals surface area contributed by atoms with E-state index in [0.717, 1.165) is 18.0 Å². The maximum Gasteiger partial charge on any atom is 0.0235 e. The highest BCUT2D eigenvalue weighted by Crippen LogP contribution is 2.29. The lowest BCUT2D eigenvalue weighted by atomic mass is 9.94. The van der Waals surface area contributed by atoms with Crippen LogP contribution in [0.15, 0.2) is 0 Å². The van der Waals surface area contributed by atoms with E-state index in [0.29, 0.717) is 0 Å². The summed E-state index contributed by atoms with van der Waals surface area (Å²) in [6.07, 6.45) is 5.64. The third-order valence-corrected chi connectivity index (χ3v) is 5.15. The Balaban J connectivity index is 1.52. The van der Waals surface area contributed by atoms with Crippen LogP contribution >= 0.6 is 0 Å². The topological polar surface area (TPSA) is 18.5 Å². The van der Waals surface area contributed by atoms with Gasteiger partial charge in [0.05, 0.1) is 0 Å². The zero-order valence-corrected chi connectivity index (χ0v) is 11.2. The van der Waals surface area contributed by atoms with Crippen LogP contribution in [0.1, 0.15) is 32.6 Å². The molecule has 0 aromatic rings. The summed E-state index contributed by atoms with van der Waals surface area (Å²) in [4.78, 5) is 5.39. The SMILES string of the molecule is CCN1CCC(N2C[C@@H]3CCCN[C@@H]3C2)CC1. The number of nitrogens with one attached hydrogen (secondary N) is 1. The summed E-state index contributed by atoms with van der Waals surface area (Å²) in [6, 6.07) is 1.69. The van der Waals surface area contributed by atoms with Gasteiger partial charge in [-0.3, -0.25) is 4.90 Å². The van der Waals surface area contributed by atoms with Gasteiger partial charge < -0.3 is 10.2 Å². The van der Waals surface area contributed by atoms with Crippen molar-refractivity contribution >= 4 is 0 Å². The molecule has 3 fully saturated rings. The Bertz CT molecular complexity index is 234. The van der Waals surface area contributed by atoms with Gasteiger partial charge in [0, 0.05) is 25.2 Å². The van der Waals surface area contributed by atoms with Gasteiger partial charge in [-0.05, 0) is 57.8 Å². The highest BCUT2D eigenvalue weighted by molar-refractivity contribution is 4.95. The van der Waals surface area contributed by atoms with Crippen LogP contribution < -0.4 is 5.32 Å². The van der Waals surface area contributed by atoms with Gasteiger partial charge in [-0.15, -0.1) is 0 Å². The van der Waals surface area contributed by atoms with E-state index in [1.807, 2.05) is 0 Å². The van der Waals surface area contributed by atoms with Gasteiger partial charge in [-0.25, -0.2) is 0 Å². The molecule has 0 aliphatic carbocycles. The molecule has 0 bridgehead atoms. The normalized spacial score (nSPS) is 37.2. The largest absolute Gasteiger partial charge is 0.312 e. The summed E-state index contributed by atoms with van der Waals surface area (Å²) in [5.74, 6) is 0.952. The fraction of sp³-hybridized carbons (Fsp3) is 1.00. The molecular formula is C14H27N3. The predicted octanol–water partition coefficient (Wildman–Crippen LogP) is 1.15. The first kappa shape index (κ1) is 11.9. The van der Waals surface area contributed by atoms with Gasteiger partial charge in [-0.1, -0.05) is 6.92 Å². The lowest BCUT2D eigenvalue weighted by molar-refractivity contribution is 0.127. The number of likely N-dealkylation sites (tertiary alicyclic amines) is 2. The van der Waals surface area contributed by atoms with Crippen molar-refractivity contribution in [1.29, 1.82) is 0 Å². The second-order valence-corrected chi connectivity index (χ2v) is 6.08. The number of nitrogens with zero attached hydrogens (tertiary/aromatic N) is 2. The molecule has 0 aromatic carbocycles. The van der Waals surface area contributed by atoms with Gasteiger partial charge in [0.15, 0.2) is 0 Å². The molecule has 3 aliphatic heterocycles. The van der Waals surface area contributed by atoms with Crippen LogP contribution in [0.4, 0.5) is 0 Å². The van der Waals surface area contributed by atoms with E-state index >= 15 is 0 Å². The van der Waals surface area contributed by atoms with E-state index < -0.39 is 0 Å². The van der Waals surface area contributed by atoms with Crippen molar-refractivity contribution in [2.75, 3.05) is 39.3 Å². The average Bonchev–Trinajstić information content (AvgIpc) is 2.82. The van der Waals surface area contributed by atoms with Crippen molar-refractivity contribution in [3.05, 3.63) is 0 Å². The van der Waals surface area contributed by atoms with Gasteiger partial charge in [0.1, 0.15) is 0 Å². The molecule has 0 unspecified atom stereocenters. The number of fused-ring (bicyclic) bond motifs is 1. The molecule has 3 nitrogen and oxygen atoms in total. The minimum atomic E-state index is 0.813. The second kappa shape index (κ2) is 5.25. The maximum absolute atomic E-state index is 3.72. The van der Waals surface area contributed by atoms with Gasteiger partial charge in [0.2, 0.25) is 0 Å². The summed E-state index contributed by atoms with van der Waals surface area (Å²) in [6.45, 7) is 10.1. The van der Waals surface area contributed by atoms with Crippen molar-refractivity contribution < 1.29 is 0 Å². The molecule has 3 saturated heterocycles. The summed E-state index contributed by atoms with van der Waals surface area (Å²) in [7, 11) is 0. The Morgan fingerprint density at radius 3 is 2.65 bits per heavy atom. The van der Waals surface area contributed by atoms with E-state index in [-0.39, 0.29) is 0 Å². The van der Waals surface area contributed by atoms with Crippen LogP contribution in [0.5, 0.6) is 0 Å². The lowest BCUT2D eigenvalue weighted by Crippen LogP contribution is -2.45. The molecular weight excluding hydrogens is 210 g/mol. The zero-order valence-electron chi connectivity index (χ0n) is 11.2. The van der Waals surface area contributed by atoms with Crippen molar-refractivity contribution in [1.82, 2.24) is 15.1 Å². The molecule has 0 radical (unpaired) electrons. The van der Waals surface area contributed by atoms with Gasteiger partial charge in [-0.2, -0.15) is 0 Å². The molecule has 0 saturated carbocycles. The lowest BCUT2D eigenvalue weighted by Gasteiger charge is -2.36. The molecule has 98 valence electrons. The molecule has 0 spiro atoms. The fourth-order valence-electron chi connectivity index (χ4n) is 3.98. The smallest absolute Gasteiger partial charge is 0.0235 e. The molecule has 17 heavy (non-hydrogen) atoms. The fourth-order valence-corrected chi connectivity index (χ4v) is 3.98. The van der Waals surface area contributed by atoms with Crippen LogP contribution in [0.3, 0.4) is 0 Å². The highest BCUT2D eigenvalue weighted by Gasteiger charge is 2.37. The molecule has 0 amide bonds.